The zero-order valence-electron chi connectivity index (χ0n) is 17.7. The van der Waals surface area contributed by atoms with Crippen molar-refractivity contribution in [2.45, 2.75) is 38.3 Å². The Kier molecular flexibility index (Phi) is 6.82. The number of rotatable bonds is 5. The van der Waals surface area contributed by atoms with Crippen LogP contribution in [0.4, 0.5) is 5.69 Å². The van der Waals surface area contributed by atoms with Gasteiger partial charge in [0.1, 0.15) is 10.8 Å². The van der Waals surface area contributed by atoms with Gasteiger partial charge in [-0.25, -0.2) is 4.99 Å². The number of carbonyl (C=O) groups excluding carboxylic acids is 1. The second kappa shape index (κ2) is 9.57. The third-order valence-electron chi connectivity index (χ3n) is 5.74. The van der Waals surface area contributed by atoms with Crippen molar-refractivity contribution in [2.75, 3.05) is 18.2 Å². The second-order valence-corrected chi connectivity index (χ2v) is 9.99. The Morgan fingerprint density at radius 2 is 1.81 bits per heavy atom. The number of hydrogen-bond acceptors (Lipinski definition) is 5. The van der Waals surface area contributed by atoms with E-state index in [2.05, 4.69) is 40.3 Å². The van der Waals surface area contributed by atoms with Gasteiger partial charge in [0, 0.05) is 15.7 Å². The highest BCUT2D eigenvalue weighted by Gasteiger charge is 2.39. The molecule has 0 bridgehead atoms. The number of methoxy groups -OCH3 is 1. The van der Waals surface area contributed by atoms with E-state index < -0.39 is 0 Å². The molecular formula is C24H26BrN3O2S. The highest BCUT2D eigenvalue weighted by Crippen LogP contribution is 2.40. The van der Waals surface area contributed by atoms with Gasteiger partial charge in [0.15, 0.2) is 5.66 Å². The minimum absolute atomic E-state index is 0.0637. The zero-order chi connectivity index (χ0) is 21.8. The first kappa shape index (κ1) is 22.1. The van der Waals surface area contributed by atoms with Crippen LogP contribution in [-0.4, -0.2) is 35.2 Å². The number of nitrogens with one attached hydrogen (secondary N) is 1. The number of ether oxygens (including phenoxy) is 1. The van der Waals surface area contributed by atoms with Gasteiger partial charge in [0.2, 0.25) is 5.91 Å². The Balaban J connectivity index is 1.48. The smallest absolute Gasteiger partial charge is 0.234 e. The van der Waals surface area contributed by atoms with Crippen molar-refractivity contribution in [3.05, 3.63) is 58.6 Å². The predicted octanol–water partition coefficient (Wildman–Crippen LogP) is 5.94. The Labute approximate surface area is 195 Å². The van der Waals surface area contributed by atoms with Gasteiger partial charge in [-0.3, -0.25) is 9.79 Å². The van der Waals surface area contributed by atoms with Crippen LogP contribution in [0.1, 0.15) is 38.2 Å². The van der Waals surface area contributed by atoms with E-state index in [-0.39, 0.29) is 17.3 Å². The van der Waals surface area contributed by atoms with E-state index >= 15 is 0 Å². The molecule has 1 spiro atoms. The lowest BCUT2D eigenvalue weighted by molar-refractivity contribution is -0.113. The number of amides is 1. The number of nitrogens with zero attached hydrogens (tertiary/aromatic N) is 2. The molecule has 162 valence electrons. The van der Waals surface area contributed by atoms with Crippen LogP contribution in [0.2, 0.25) is 0 Å². The molecule has 1 heterocycles. The van der Waals surface area contributed by atoms with Crippen molar-refractivity contribution in [1.29, 1.82) is 0 Å². The van der Waals surface area contributed by atoms with E-state index in [4.69, 9.17) is 14.7 Å². The van der Waals surface area contributed by atoms with Gasteiger partial charge in [0.05, 0.1) is 18.6 Å². The Bertz CT molecular complexity index is 994. The third-order valence-corrected chi connectivity index (χ3v) is 7.23. The Morgan fingerprint density at radius 3 is 2.45 bits per heavy atom. The quantitative estimate of drug-likeness (QED) is 0.553. The van der Waals surface area contributed by atoms with Gasteiger partial charge in [-0.2, -0.15) is 0 Å². The van der Waals surface area contributed by atoms with E-state index in [1.807, 2.05) is 36.4 Å². The first-order valence-electron chi connectivity index (χ1n) is 10.5. The average molecular weight is 500 g/mol. The topological polar surface area (TPSA) is 63.0 Å². The molecule has 1 N–H and O–H groups in total. The van der Waals surface area contributed by atoms with Gasteiger partial charge in [-0.05, 0) is 68.0 Å². The largest absolute Gasteiger partial charge is 0.497 e. The van der Waals surface area contributed by atoms with Gasteiger partial charge in [-0.1, -0.05) is 46.7 Å². The van der Waals surface area contributed by atoms with Gasteiger partial charge >= 0.3 is 0 Å². The standard InChI is InChI=1S/C24H26BrN3O2S/c1-16-11-13-24(14-12-16)27-22(17-3-5-18(25)6-4-17)23(28-24)31-15-21(29)26-19-7-9-20(30-2)10-8-19/h3-10,16H,11-15H2,1-2H3,(H,26,29). The van der Waals surface area contributed by atoms with E-state index in [9.17, 15) is 4.79 Å². The highest BCUT2D eigenvalue weighted by atomic mass is 79.9. The maximum atomic E-state index is 12.6. The number of anilines is 1. The van der Waals surface area contributed by atoms with Crippen LogP contribution in [0.3, 0.4) is 0 Å². The average Bonchev–Trinajstić information content (AvgIpc) is 3.14. The number of thioether (sulfide) groups is 1. The number of hydrogen-bond donors (Lipinski definition) is 1. The number of aliphatic imine (C=N–C) groups is 2. The van der Waals surface area contributed by atoms with Crippen molar-refractivity contribution in [2.24, 2.45) is 15.9 Å². The van der Waals surface area contributed by atoms with Crippen molar-refractivity contribution in [3.63, 3.8) is 0 Å². The minimum Gasteiger partial charge on any atom is -0.497 e. The summed E-state index contributed by atoms with van der Waals surface area (Å²) >= 11 is 4.97. The van der Waals surface area contributed by atoms with Gasteiger partial charge in [-0.15, -0.1) is 0 Å². The molecule has 2 aromatic rings. The van der Waals surface area contributed by atoms with Crippen molar-refractivity contribution in [3.8, 4) is 5.75 Å². The molecule has 0 unspecified atom stereocenters. The summed E-state index contributed by atoms with van der Waals surface area (Å²) in [6, 6.07) is 15.5. The Morgan fingerprint density at radius 1 is 1.13 bits per heavy atom. The Hall–Kier alpha value is -2.12. The molecule has 2 aliphatic rings. The number of halogens is 1. The first-order valence-corrected chi connectivity index (χ1v) is 12.3. The molecule has 7 heteroatoms. The maximum absolute atomic E-state index is 12.6. The molecule has 0 atom stereocenters. The molecular weight excluding hydrogens is 474 g/mol. The lowest BCUT2D eigenvalue weighted by atomic mass is 9.83. The van der Waals surface area contributed by atoms with Crippen LogP contribution in [0.5, 0.6) is 5.75 Å². The third kappa shape index (κ3) is 5.39. The molecule has 1 amide bonds. The van der Waals surface area contributed by atoms with E-state index in [1.165, 1.54) is 11.8 Å². The van der Waals surface area contributed by atoms with Gasteiger partial charge < -0.3 is 10.1 Å². The van der Waals surface area contributed by atoms with Crippen LogP contribution in [0.25, 0.3) is 0 Å². The molecule has 4 rings (SSSR count). The summed E-state index contributed by atoms with van der Waals surface area (Å²) in [7, 11) is 1.62. The summed E-state index contributed by atoms with van der Waals surface area (Å²) in [5.74, 6) is 1.70. The lowest BCUT2D eigenvalue weighted by Crippen LogP contribution is -2.28. The molecule has 5 nitrogen and oxygen atoms in total. The molecule has 0 aromatic heterocycles. The molecule has 1 fully saturated rings. The molecule has 2 aromatic carbocycles. The van der Waals surface area contributed by atoms with Crippen LogP contribution < -0.4 is 10.1 Å². The second-order valence-electron chi connectivity index (χ2n) is 8.11. The summed E-state index contributed by atoms with van der Waals surface area (Å²) in [5, 5.41) is 3.80. The summed E-state index contributed by atoms with van der Waals surface area (Å²) in [6.07, 6.45) is 4.21. The highest BCUT2D eigenvalue weighted by molar-refractivity contribution is 9.10. The van der Waals surface area contributed by atoms with E-state index in [1.54, 1.807) is 7.11 Å². The normalized spacial score (nSPS) is 22.7. The van der Waals surface area contributed by atoms with Gasteiger partial charge in [0.25, 0.3) is 0 Å². The number of carbonyl (C=O) groups is 1. The summed E-state index contributed by atoms with van der Waals surface area (Å²) < 4.78 is 6.19. The molecule has 1 saturated carbocycles. The summed E-state index contributed by atoms with van der Waals surface area (Å²) in [6.45, 7) is 2.30. The molecule has 31 heavy (non-hydrogen) atoms. The molecule has 1 aliphatic heterocycles. The molecule has 0 saturated heterocycles. The first-order chi connectivity index (χ1) is 15.0. The van der Waals surface area contributed by atoms with Crippen molar-refractivity contribution < 1.29 is 9.53 Å². The zero-order valence-corrected chi connectivity index (χ0v) is 20.1. The fourth-order valence-corrected chi connectivity index (χ4v) is 5.01. The minimum atomic E-state index is -0.357. The van der Waals surface area contributed by atoms with Crippen molar-refractivity contribution >= 4 is 50.0 Å². The summed E-state index contributed by atoms with van der Waals surface area (Å²) in [4.78, 5) is 22.7. The fourth-order valence-electron chi connectivity index (χ4n) is 3.87. The predicted molar refractivity (Wildman–Crippen MR) is 133 cm³/mol. The SMILES string of the molecule is COc1ccc(NC(=O)CSC2=NC3(CCC(C)CC3)N=C2c2ccc(Br)cc2)cc1. The monoisotopic (exact) mass is 499 g/mol. The maximum Gasteiger partial charge on any atom is 0.234 e. The van der Waals surface area contributed by atoms with Crippen LogP contribution >= 0.6 is 27.7 Å². The van der Waals surface area contributed by atoms with Crippen LogP contribution in [0, 0.1) is 5.92 Å². The summed E-state index contributed by atoms with van der Waals surface area (Å²) in [5.41, 5.74) is 2.34. The lowest BCUT2D eigenvalue weighted by Gasteiger charge is -2.30. The van der Waals surface area contributed by atoms with Crippen LogP contribution in [0.15, 0.2) is 63.0 Å². The fraction of sp³-hybridized carbons (Fsp3) is 0.375. The number of benzene rings is 2. The van der Waals surface area contributed by atoms with Crippen molar-refractivity contribution in [1.82, 2.24) is 0 Å². The van der Waals surface area contributed by atoms with E-state index in [0.717, 1.165) is 63.8 Å². The van der Waals surface area contributed by atoms with E-state index in [0.29, 0.717) is 0 Å². The van der Waals surface area contributed by atoms with Crippen LogP contribution in [-0.2, 0) is 4.79 Å². The molecule has 0 radical (unpaired) electrons. The molecule has 1 aliphatic carbocycles.